The topological polar surface area (TPSA) is 86.9 Å². The first-order valence-electron chi connectivity index (χ1n) is 8.03. The van der Waals surface area contributed by atoms with Crippen molar-refractivity contribution in [3.63, 3.8) is 0 Å². The smallest absolute Gasteiger partial charge is 0.350 e. The van der Waals surface area contributed by atoms with Crippen LogP contribution in [0.4, 0.5) is 13.2 Å². The number of alkyl halides is 3. The van der Waals surface area contributed by atoms with Crippen LogP contribution in [0.3, 0.4) is 0 Å². The van der Waals surface area contributed by atoms with Gasteiger partial charge in [0.2, 0.25) is 0 Å². The Morgan fingerprint density at radius 1 is 0.926 bits per heavy atom. The number of para-hydroxylation sites is 1. The molecule has 0 aliphatic carbocycles. The number of hydrogen-bond donors (Lipinski definition) is 3. The Hall–Kier alpha value is -3.36. The van der Waals surface area contributed by atoms with E-state index in [1.165, 1.54) is 12.1 Å². The summed E-state index contributed by atoms with van der Waals surface area (Å²) in [6, 6.07) is 11.6. The molecule has 2 aromatic carbocycles. The molecule has 1 heterocycles. The van der Waals surface area contributed by atoms with E-state index < -0.39 is 29.1 Å². The summed E-state index contributed by atoms with van der Waals surface area (Å²) < 4.78 is 38.8. The van der Waals surface area contributed by atoms with E-state index in [1.807, 2.05) is 0 Å². The summed E-state index contributed by atoms with van der Waals surface area (Å²) in [6.07, 6.45) is -4.62. The molecule has 2 amide bonds. The number of aromatic nitrogens is 2. The number of hydrogen-bond acceptors (Lipinski definition) is 3. The number of nitrogens with one attached hydrogen (secondary N) is 3. The Morgan fingerprint density at radius 2 is 1.56 bits per heavy atom. The molecule has 3 N–H and O–H groups in total. The zero-order chi connectivity index (χ0) is 19.4. The van der Waals surface area contributed by atoms with Crippen molar-refractivity contribution >= 4 is 22.7 Å². The first-order chi connectivity index (χ1) is 12.9. The monoisotopic (exact) mass is 376 g/mol. The van der Waals surface area contributed by atoms with E-state index in [-0.39, 0.29) is 18.8 Å². The third-order valence-corrected chi connectivity index (χ3v) is 3.86. The van der Waals surface area contributed by atoms with Crippen molar-refractivity contribution in [1.29, 1.82) is 0 Å². The van der Waals surface area contributed by atoms with E-state index in [9.17, 15) is 22.8 Å². The second kappa shape index (κ2) is 7.48. The maximum atomic E-state index is 12.9. The van der Waals surface area contributed by atoms with Gasteiger partial charge in [0.25, 0.3) is 11.8 Å². The van der Waals surface area contributed by atoms with Gasteiger partial charge >= 0.3 is 6.18 Å². The maximum absolute atomic E-state index is 12.9. The summed E-state index contributed by atoms with van der Waals surface area (Å²) >= 11 is 0. The summed E-state index contributed by atoms with van der Waals surface area (Å²) in [7, 11) is 0. The largest absolute Gasteiger partial charge is 0.417 e. The lowest BCUT2D eigenvalue weighted by Gasteiger charge is -2.12. The summed E-state index contributed by atoms with van der Waals surface area (Å²) in [4.78, 5) is 24.2. The SMILES string of the molecule is O=C(NCCNC(=O)c1n[nH]c2ccccc12)c1ccccc1C(F)(F)F. The molecular formula is C18H15F3N4O2. The lowest BCUT2D eigenvalue weighted by molar-refractivity contribution is -0.137. The molecule has 0 atom stereocenters. The van der Waals surface area contributed by atoms with Gasteiger partial charge in [-0.2, -0.15) is 18.3 Å². The van der Waals surface area contributed by atoms with Crippen molar-refractivity contribution in [2.45, 2.75) is 6.18 Å². The van der Waals surface area contributed by atoms with Crippen LogP contribution in [0.2, 0.25) is 0 Å². The normalized spacial score (nSPS) is 11.4. The molecule has 140 valence electrons. The molecule has 1 aromatic heterocycles. The van der Waals surface area contributed by atoms with Crippen LogP contribution in [-0.4, -0.2) is 35.1 Å². The molecule has 3 rings (SSSR count). The average Bonchev–Trinajstić information content (AvgIpc) is 3.08. The average molecular weight is 376 g/mol. The van der Waals surface area contributed by atoms with Crippen molar-refractivity contribution in [3.8, 4) is 0 Å². The second-order valence-corrected chi connectivity index (χ2v) is 5.67. The van der Waals surface area contributed by atoms with Crippen LogP contribution < -0.4 is 10.6 Å². The molecule has 0 aliphatic rings. The summed E-state index contributed by atoms with van der Waals surface area (Å²) in [5, 5.41) is 12.3. The highest BCUT2D eigenvalue weighted by molar-refractivity contribution is 6.04. The summed E-state index contributed by atoms with van der Waals surface area (Å²) in [5.74, 6) is -1.31. The van der Waals surface area contributed by atoms with E-state index in [0.717, 1.165) is 12.1 Å². The van der Waals surface area contributed by atoms with Crippen molar-refractivity contribution < 1.29 is 22.8 Å². The molecule has 0 aliphatic heterocycles. The number of benzene rings is 2. The fourth-order valence-corrected chi connectivity index (χ4v) is 2.60. The predicted octanol–water partition coefficient (Wildman–Crippen LogP) is 2.74. The number of H-pyrrole nitrogens is 1. The molecule has 0 saturated heterocycles. The standard InChI is InChI=1S/C18H15F3N4O2/c19-18(20,21)13-7-3-1-5-11(13)16(26)22-9-10-23-17(27)15-12-6-2-4-8-14(12)24-25-15/h1-8H,9-10H2,(H,22,26)(H,23,27)(H,24,25). The number of nitrogens with zero attached hydrogens (tertiary/aromatic N) is 1. The van der Waals surface area contributed by atoms with Gasteiger partial charge in [0.15, 0.2) is 5.69 Å². The molecule has 0 radical (unpaired) electrons. The van der Waals surface area contributed by atoms with E-state index in [2.05, 4.69) is 20.8 Å². The lowest BCUT2D eigenvalue weighted by atomic mass is 10.1. The van der Waals surface area contributed by atoms with E-state index >= 15 is 0 Å². The van der Waals surface area contributed by atoms with Crippen LogP contribution in [0.1, 0.15) is 26.4 Å². The van der Waals surface area contributed by atoms with Gasteiger partial charge in [-0.3, -0.25) is 14.7 Å². The van der Waals surface area contributed by atoms with Crippen molar-refractivity contribution in [3.05, 3.63) is 65.4 Å². The Labute approximate surface area is 151 Å². The highest BCUT2D eigenvalue weighted by Crippen LogP contribution is 2.31. The second-order valence-electron chi connectivity index (χ2n) is 5.67. The predicted molar refractivity (Wildman–Crippen MR) is 92.2 cm³/mol. The molecule has 0 spiro atoms. The van der Waals surface area contributed by atoms with Gasteiger partial charge in [0.1, 0.15) is 0 Å². The van der Waals surface area contributed by atoms with Crippen LogP contribution in [-0.2, 0) is 6.18 Å². The highest BCUT2D eigenvalue weighted by atomic mass is 19.4. The Balaban J connectivity index is 1.56. The zero-order valence-electron chi connectivity index (χ0n) is 13.9. The molecule has 0 saturated carbocycles. The van der Waals surface area contributed by atoms with Crippen LogP contribution in [0.25, 0.3) is 10.9 Å². The third kappa shape index (κ3) is 4.08. The Morgan fingerprint density at radius 3 is 2.30 bits per heavy atom. The number of halogens is 3. The zero-order valence-corrected chi connectivity index (χ0v) is 13.9. The fourth-order valence-electron chi connectivity index (χ4n) is 2.60. The Kier molecular flexibility index (Phi) is 5.11. The molecule has 0 unspecified atom stereocenters. The van der Waals surface area contributed by atoms with Crippen LogP contribution in [0.5, 0.6) is 0 Å². The van der Waals surface area contributed by atoms with Gasteiger partial charge in [-0.15, -0.1) is 0 Å². The molecular weight excluding hydrogens is 361 g/mol. The minimum atomic E-state index is -4.62. The first-order valence-corrected chi connectivity index (χ1v) is 8.03. The molecule has 0 bridgehead atoms. The minimum absolute atomic E-state index is 0.0287. The van der Waals surface area contributed by atoms with E-state index in [4.69, 9.17) is 0 Å². The van der Waals surface area contributed by atoms with Gasteiger partial charge in [0, 0.05) is 18.5 Å². The van der Waals surface area contributed by atoms with Gasteiger partial charge in [-0.05, 0) is 18.2 Å². The maximum Gasteiger partial charge on any atom is 0.417 e. The fraction of sp³-hybridized carbons (Fsp3) is 0.167. The van der Waals surface area contributed by atoms with Gasteiger partial charge in [-0.25, -0.2) is 0 Å². The van der Waals surface area contributed by atoms with Crippen LogP contribution in [0, 0.1) is 0 Å². The van der Waals surface area contributed by atoms with Gasteiger partial charge < -0.3 is 10.6 Å². The van der Waals surface area contributed by atoms with Crippen LogP contribution >= 0.6 is 0 Å². The Bertz CT molecular complexity index is 982. The number of rotatable bonds is 5. The van der Waals surface area contributed by atoms with Crippen molar-refractivity contribution in [1.82, 2.24) is 20.8 Å². The third-order valence-electron chi connectivity index (χ3n) is 3.86. The highest BCUT2D eigenvalue weighted by Gasteiger charge is 2.34. The van der Waals surface area contributed by atoms with E-state index in [0.29, 0.717) is 10.9 Å². The summed E-state index contributed by atoms with van der Waals surface area (Å²) in [5.41, 5.74) is -0.553. The number of carbonyl (C=O) groups excluding carboxylic acids is 2. The number of carbonyl (C=O) groups is 2. The van der Waals surface area contributed by atoms with Gasteiger partial charge in [-0.1, -0.05) is 30.3 Å². The number of amides is 2. The molecule has 0 fully saturated rings. The van der Waals surface area contributed by atoms with E-state index in [1.54, 1.807) is 24.3 Å². The molecule has 27 heavy (non-hydrogen) atoms. The number of fused-ring (bicyclic) bond motifs is 1. The van der Waals surface area contributed by atoms with Crippen molar-refractivity contribution in [2.24, 2.45) is 0 Å². The minimum Gasteiger partial charge on any atom is -0.350 e. The number of aromatic amines is 1. The lowest BCUT2D eigenvalue weighted by Crippen LogP contribution is -2.35. The first kappa shape index (κ1) is 18.4. The molecule has 3 aromatic rings. The van der Waals surface area contributed by atoms with Crippen molar-refractivity contribution in [2.75, 3.05) is 13.1 Å². The quantitative estimate of drug-likeness (QED) is 0.599. The van der Waals surface area contributed by atoms with Crippen LogP contribution in [0.15, 0.2) is 48.5 Å². The summed E-state index contributed by atoms with van der Waals surface area (Å²) in [6.45, 7) is 0.0130. The van der Waals surface area contributed by atoms with Gasteiger partial charge in [0.05, 0.1) is 16.6 Å². The molecule has 6 nitrogen and oxygen atoms in total. The molecule has 9 heteroatoms.